The zero-order chi connectivity index (χ0) is 10.0. The Hall–Kier alpha value is -0.720. The highest BCUT2D eigenvalue weighted by molar-refractivity contribution is 14.1. The van der Waals surface area contributed by atoms with E-state index in [1.807, 2.05) is 0 Å². The molecular formula is C8H5F2IO2. The monoisotopic (exact) mass is 298 g/mol. The van der Waals surface area contributed by atoms with E-state index in [9.17, 15) is 13.6 Å². The maximum Gasteiger partial charge on any atom is 0.343 e. The van der Waals surface area contributed by atoms with Crippen LogP contribution < -0.4 is 0 Å². The number of hydrogen-bond acceptors (Lipinski definition) is 1. The fourth-order valence-electron chi connectivity index (χ4n) is 0.876. The van der Waals surface area contributed by atoms with Crippen LogP contribution >= 0.6 is 22.6 Å². The van der Waals surface area contributed by atoms with Gasteiger partial charge in [0.2, 0.25) is 6.17 Å². The fraction of sp³-hybridized carbons (Fsp3) is 0.125. The first-order valence-corrected chi connectivity index (χ1v) is 4.42. The van der Waals surface area contributed by atoms with E-state index in [1.54, 1.807) is 22.6 Å². The molecule has 1 unspecified atom stereocenters. The van der Waals surface area contributed by atoms with Gasteiger partial charge in [-0.15, -0.1) is 0 Å². The van der Waals surface area contributed by atoms with Crippen LogP contribution in [0.3, 0.4) is 0 Å². The smallest absolute Gasteiger partial charge is 0.343 e. The lowest BCUT2D eigenvalue weighted by Gasteiger charge is -2.06. The predicted molar refractivity (Wildman–Crippen MR) is 50.6 cm³/mol. The van der Waals surface area contributed by atoms with E-state index in [2.05, 4.69) is 0 Å². The molecule has 1 N–H and O–H groups in total. The van der Waals surface area contributed by atoms with Crippen molar-refractivity contribution in [1.82, 2.24) is 0 Å². The van der Waals surface area contributed by atoms with Crippen molar-refractivity contribution in [3.8, 4) is 0 Å². The third-order valence-corrected chi connectivity index (χ3v) is 2.41. The van der Waals surface area contributed by atoms with Gasteiger partial charge in [0.15, 0.2) is 0 Å². The minimum atomic E-state index is -2.30. The third-order valence-electron chi connectivity index (χ3n) is 1.47. The Labute approximate surface area is 86.7 Å². The second kappa shape index (κ2) is 3.99. The first-order chi connectivity index (χ1) is 6.04. The highest BCUT2D eigenvalue weighted by Gasteiger charge is 2.24. The van der Waals surface area contributed by atoms with Gasteiger partial charge in [0.05, 0.1) is 0 Å². The van der Waals surface area contributed by atoms with Gasteiger partial charge in [-0.25, -0.2) is 13.6 Å². The number of benzene rings is 1. The fourth-order valence-corrected chi connectivity index (χ4v) is 1.61. The first-order valence-electron chi connectivity index (χ1n) is 3.35. The van der Waals surface area contributed by atoms with Crippen LogP contribution in [0.2, 0.25) is 0 Å². The lowest BCUT2D eigenvalue weighted by Crippen LogP contribution is -2.09. The lowest BCUT2D eigenvalue weighted by atomic mass is 10.1. The summed E-state index contributed by atoms with van der Waals surface area (Å²) in [6.45, 7) is 0. The van der Waals surface area contributed by atoms with E-state index in [1.165, 1.54) is 12.1 Å². The Kier molecular flexibility index (Phi) is 3.18. The van der Waals surface area contributed by atoms with Gasteiger partial charge in [0.25, 0.3) is 0 Å². The molecule has 1 atom stereocenters. The Bertz CT molecular complexity index is 321. The van der Waals surface area contributed by atoms with Gasteiger partial charge in [-0.05, 0) is 34.7 Å². The molecule has 0 radical (unpaired) electrons. The summed E-state index contributed by atoms with van der Waals surface area (Å²) >= 11 is 1.69. The van der Waals surface area contributed by atoms with Crippen LogP contribution in [-0.2, 0) is 4.79 Å². The van der Waals surface area contributed by atoms with Gasteiger partial charge in [-0.2, -0.15) is 0 Å². The third kappa shape index (κ3) is 2.15. The van der Waals surface area contributed by atoms with Gasteiger partial charge in [0.1, 0.15) is 5.82 Å². The minimum absolute atomic E-state index is 0.271. The van der Waals surface area contributed by atoms with E-state index in [0.717, 1.165) is 6.07 Å². The van der Waals surface area contributed by atoms with Crippen LogP contribution in [0.1, 0.15) is 11.7 Å². The highest BCUT2D eigenvalue weighted by atomic mass is 127. The van der Waals surface area contributed by atoms with Crippen LogP contribution in [0.25, 0.3) is 0 Å². The molecule has 0 aliphatic carbocycles. The van der Waals surface area contributed by atoms with Crippen LogP contribution in [0.4, 0.5) is 8.78 Å². The Balaban J connectivity index is 3.20. The summed E-state index contributed by atoms with van der Waals surface area (Å²) < 4.78 is 26.2. The quantitative estimate of drug-likeness (QED) is 0.852. The Morgan fingerprint density at radius 2 is 2.15 bits per heavy atom. The van der Waals surface area contributed by atoms with Crippen molar-refractivity contribution in [3.05, 3.63) is 33.1 Å². The predicted octanol–water partition coefficient (Wildman–Crippen LogP) is 2.53. The summed E-state index contributed by atoms with van der Waals surface area (Å²) in [4.78, 5) is 10.3. The summed E-state index contributed by atoms with van der Waals surface area (Å²) in [5.41, 5.74) is -0.407. The Morgan fingerprint density at radius 1 is 1.54 bits per heavy atom. The zero-order valence-electron chi connectivity index (χ0n) is 6.30. The lowest BCUT2D eigenvalue weighted by molar-refractivity contribution is -0.143. The number of hydrogen-bond donors (Lipinski definition) is 1. The number of carboxylic acids is 1. The average Bonchev–Trinajstić information content (AvgIpc) is 2.03. The number of rotatable bonds is 2. The number of alkyl halides is 1. The molecule has 13 heavy (non-hydrogen) atoms. The molecule has 0 fully saturated rings. The van der Waals surface area contributed by atoms with Crippen molar-refractivity contribution in [2.24, 2.45) is 0 Å². The molecule has 1 aromatic rings. The molecule has 2 nitrogen and oxygen atoms in total. The number of carbonyl (C=O) groups is 1. The minimum Gasteiger partial charge on any atom is -0.479 e. The van der Waals surface area contributed by atoms with Crippen molar-refractivity contribution in [2.45, 2.75) is 6.17 Å². The molecule has 0 bridgehead atoms. The summed E-state index contributed by atoms with van der Waals surface area (Å²) in [5, 5.41) is 8.34. The van der Waals surface area contributed by atoms with Gasteiger partial charge in [0, 0.05) is 9.13 Å². The second-order valence-corrected chi connectivity index (χ2v) is 3.50. The molecule has 0 aromatic heterocycles. The van der Waals surface area contributed by atoms with Gasteiger partial charge in [-0.1, -0.05) is 6.07 Å². The van der Waals surface area contributed by atoms with Gasteiger partial charge < -0.3 is 5.11 Å². The molecule has 0 aliphatic heterocycles. The van der Waals surface area contributed by atoms with Crippen molar-refractivity contribution in [1.29, 1.82) is 0 Å². The average molecular weight is 298 g/mol. The number of carboxylic acid groups (broad SMARTS) is 1. The van der Waals surface area contributed by atoms with Gasteiger partial charge in [-0.3, -0.25) is 0 Å². The zero-order valence-corrected chi connectivity index (χ0v) is 8.46. The molecule has 0 saturated carbocycles. The molecule has 0 saturated heterocycles. The summed E-state index contributed by atoms with van der Waals surface area (Å²) in [5.74, 6) is -2.51. The topological polar surface area (TPSA) is 37.3 Å². The maximum absolute atomic E-state index is 13.0. The number of halogens is 3. The molecule has 1 aromatic carbocycles. The largest absolute Gasteiger partial charge is 0.479 e. The molecule has 1 rings (SSSR count). The second-order valence-electron chi connectivity index (χ2n) is 2.34. The van der Waals surface area contributed by atoms with E-state index >= 15 is 0 Å². The normalized spacial score (nSPS) is 12.5. The Morgan fingerprint density at radius 3 is 2.62 bits per heavy atom. The molecular weight excluding hydrogens is 293 g/mol. The molecule has 0 amide bonds. The van der Waals surface area contributed by atoms with Crippen molar-refractivity contribution < 1.29 is 18.7 Å². The van der Waals surface area contributed by atoms with E-state index in [-0.39, 0.29) is 3.57 Å². The van der Waals surface area contributed by atoms with Crippen molar-refractivity contribution in [2.75, 3.05) is 0 Å². The maximum atomic E-state index is 13.0. The van der Waals surface area contributed by atoms with Crippen molar-refractivity contribution >= 4 is 28.6 Å². The van der Waals surface area contributed by atoms with Crippen LogP contribution in [0, 0.1) is 9.39 Å². The molecule has 70 valence electrons. The standard InChI is InChI=1S/C8H5F2IO2/c9-4-2-1-3-5(11)6(4)7(10)8(12)13/h1-3,7H,(H,12,13). The highest BCUT2D eigenvalue weighted by Crippen LogP contribution is 2.25. The summed E-state index contributed by atoms with van der Waals surface area (Å²) in [6.07, 6.45) is -2.30. The molecule has 0 spiro atoms. The van der Waals surface area contributed by atoms with Crippen LogP contribution in [-0.4, -0.2) is 11.1 Å². The van der Waals surface area contributed by atoms with Crippen LogP contribution in [0.15, 0.2) is 18.2 Å². The van der Waals surface area contributed by atoms with E-state index < -0.39 is 23.5 Å². The first kappa shape index (κ1) is 10.4. The van der Waals surface area contributed by atoms with Crippen molar-refractivity contribution in [3.63, 3.8) is 0 Å². The SMILES string of the molecule is O=C(O)C(F)c1c(F)cccc1I. The molecule has 5 heteroatoms. The molecule has 0 aliphatic rings. The number of aliphatic carboxylic acids is 1. The van der Waals surface area contributed by atoms with Crippen LogP contribution in [0.5, 0.6) is 0 Å². The van der Waals surface area contributed by atoms with E-state index in [4.69, 9.17) is 5.11 Å². The van der Waals surface area contributed by atoms with E-state index in [0.29, 0.717) is 0 Å². The molecule has 0 heterocycles. The van der Waals surface area contributed by atoms with Gasteiger partial charge >= 0.3 is 5.97 Å². The summed E-state index contributed by atoms with van der Waals surface area (Å²) in [6, 6.07) is 3.89. The summed E-state index contributed by atoms with van der Waals surface area (Å²) in [7, 11) is 0.